The third-order valence-electron chi connectivity index (χ3n) is 2.24. The molecular formula is C12H9F2NO2. The molecule has 2 rings (SSSR count). The first-order valence-electron chi connectivity index (χ1n) is 5.06. The Balaban J connectivity index is 2.65. The summed E-state index contributed by atoms with van der Waals surface area (Å²) >= 11 is 0. The Hall–Kier alpha value is -2.04. The van der Waals surface area contributed by atoms with E-state index >= 15 is 0 Å². The fourth-order valence-electron chi connectivity index (χ4n) is 1.48. The summed E-state index contributed by atoms with van der Waals surface area (Å²) in [7, 11) is 0. The highest BCUT2D eigenvalue weighted by Gasteiger charge is 2.21. The molecule has 0 radical (unpaired) electrons. The highest BCUT2D eigenvalue weighted by atomic mass is 19.2. The van der Waals surface area contributed by atoms with Gasteiger partial charge in [-0.2, -0.15) is 0 Å². The van der Waals surface area contributed by atoms with E-state index in [1.165, 1.54) is 12.1 Å². The number of ether oxygens (including phenoxy) is 1. The maximum Gasteiger partial charge on any atom is 0.360 e. The molecule has 3 nitrogen and oxygen atoms in total. The topological polar surface area (TPSA) is 39.2 Å². The molecule has 2 aromatic rings. The van der Waals surface area contributed by atoms with Crippen LogP contribution in [0.3, 0.4) is 0 Å². The molecule has 17 heavy (non-hydrogen) atoms. The van der Waals surface area contributed by atoms with Gasteiger partial charge in [0, 0.05) is 5.39 Å². The molecule has 0 N–H and O–H groups in total. The molecule has 0 saturated heterocycles. The van der Waals surface area contributed by atoms with Gasteiger partial charge in [0.1, 0.15) is 0 Å². The largest absolute Gasteiger partial charge is 0.461 e. The monoisotopic (exact) mass is 237 g/mol. The molecule has 0 aliphatic carbocycles. The quantitative estimate of drug-likeness (QED) is 0.754. The minimum atomic E-state index is -1.28. The number of hydrogen-bond acceptors (Lipinski definition) is 3. The van der Waals surface area contributed by atoms with Gasteiger partial charge in [-0.25, -0.2) is 18.6 Å². The zero-order valence-corrected chi connectivity index (χ0v) is 9.04. The van der Waals surface area contributed by atoms with Crippen molar-refractivity contribution in [3.8, 4) is 0 Å². The summed E-state index contributed by atoms with van der Waals surface area (Å²) in [6.07, 6.45) is 0. The molecule has 88 valence electrons. The lowest BCUT2D eigenvalue weighted by Crippen LogP contribution is -2.11. The molecule has 1 aromatic heterocycles. The van der Waals surface area contributed by atoms with Gasteiger partial charge in [0.2, 0.25) is 0 Å². The van der Waals surface area contributed by atoms with E-state index in [1.54, 1.807) is 19.1 Å². The van der Waals surface area contributed by atoms with Crippen LogP contribution >= 0.6 is 0 Å². The van der Waals surface area contributed by atoms with E-state index in [0.717, 1.165) is 0 Å². The Morgan fingerprint density at radius 3 is 2.71 bits per heavy atom. The fraction of sp³-hybridized carbons (Fsp3) is 0.167. The van der Waals surface area contributed by atoms with E-state index in [9.17, 15) is 13.6 Å². The van der Waals surface area contributed by atoms with Gasteiger partial charge in [0.25, 0.3) is 0 Å². The molecule has 0 amide bonds. The van der Waals surface area contributed by atoms with Crippen molar-refractivity contribution in [2.24, 2.45) is 0 Å². The number of esters is 1. The second-order valence-corrected chi connectivity index (χ2v) is 3.33. The van der Waals surface area contributed by atoms with Gasteiger partial charge >= 0.3 is 5.97 Å². The smallest absolute Gasteiger partial charge is 0.360 e. The molecule has 0 aliphatic rings. The Morgan fingerprint density at radius 2 is 2.00 bits per heavy atom. The summed E-state index contributed by atoms with van der Waals surface area (Å²) in [6.45, 7) is 1.65. The molecule has 1 aromatic carbocycles. The Bertz CT molecular complexity index is 584. The van der Waals surface area contributed by atoms with Crippen molar-refractivity contribution in [1.29, 1.82) is 0 Å². The lowest BCUT2D eigenvalue weighted by atomic mass is 10.2. The van der Waals surface area contributed by atoms with Crippen molar-refractivity contribution in [2.45, 2.75) is 6.92 Å². The molecule has 5 heteroatoms. The number of carbonyl (C=O) groups is 1. The molecule has 0 bridgehead atoms. The third kappa shape index (κ3) is 1.95. The molecule has 0 fully saturated rings. The standard InChI is InChI=1S/C12H9F2NO2/c1-2-17-12(16)11-10(14)9(13)7-5-3-4-6-8(7)15-11/h3-6H,2H2,1H3. The van der Waals surface area contributed by atoms with Crippen molar-refractivity contribution in [1.82, 2.24) is 4.98 Å². The van der Waals surface area contributed by atoms with Crippen LogP contribution in [0.4, 0.5) is 8.78 Å². The number of para-hydroxylation sites is 1. The number of pyridine rings is 1. The first kappa shape index (κ1) is 11.4. The number of halogens is 2. The number of carbonyl (C=O) groups excluding carboxylic acids is 1. The number of nitrogens with zero attached hydrogens (tertiary/aromatic N) is 1. The van der Waals surface area contributed by atoms with E-state index in [-0.39, 0.29) is 17.5 Å². The number of fused-ring (bicyclic) bond motifs is 1. The predicted molar refractivity (Wildman–Crippen MR) is 57.6 cm³/mol. The Labute approximate surface area is 96.0 Å². The summed E-state index contributed by atoms with van der Waals surface area (Å²) < 4.78 is 31.8. The number of benzene rings is 1. The molecular weight excluding hydrogens is 228 g/mol. The summed E-state index contributed by atoms with van der Waals surface area (Å²) in [4.78, 5) is 15.1. The summed E-state index contributed by atoms with van der Waals surface area (Å²) in [5, 5.41) is 0.0399. The molecule has 0 unspecified atom stereocenters. The van der Waals surface area contributed by atoms with Crippen molar-refractivity contribution in [3.05, 3.63) is 41.6 Å². The molecule has 0 atom stereocenters. The SMILES string of the molecule is CCOC(=O)c1nc2ccccc2c(F)c1F. The zero-order chi connectivity index (χ0) is 12.4. The summed E-state index contributed by atoms with van der Waals surface area (Å²) in [5.74, 6) is -3.32. The van der Waals surface area contributed by atoms with Gasteiger partial charge in [-0.1, -0.05) is 12.1 Å². The van der Waals surface area contributed by atoms with Crippen molar-refractivity contribution in [3.63, 3.8) is 0 Å². The molecule has 0 spiro atoms. The second-order valence-electron chi connectivity index (χ2n) is 3.33. The van der Waals surface area contributed by atoms with Crippen LogP contribution < -0.4 is 0 Å². The van der Waals surface area contributed by atoms with Crippen molar-refractivity contribution < 1.29 is 18.3 Å². The van der Waals surface area contributed by atoms with Crippen LogP contribution in [0.15, 0.2) is 24.3 Å². The van der Waals surface area contributed by atoms with Crippen molar-refractivity contribution >= 4 is 16.9 Å². The number of hydrogen-bond donors (Lipinski definition) is 0. The van der Waals surface area contributed by atoms with Crippen LogP contribution in [-0.2, 0) is 4.74 Å². The van der Waals surface area contributed by atoms with Crippen LogP contribution in [-0.4, -0.2) is 17.6 Å². The minimum absolute atomic E-state index is 0.0399. The normalized spacial score (nSPS) is 10.5. The van der Waals surface area contributed by atoms with Crippen LogP contribution in [0.1, 0.15) is 17.4 Å². The maximum absolute atomic E-state index is 13.6. The predicted octanol–water partition coefficient (Wildman–Crippen LogP) is 2.69. The maximum atomic E-state index is 13.6. The first-order chi connectivity index (χ1) is 8.15. The second kappa shape index (κ2) is 4.45. The zero-order valence-electron chi connectivity index (χ0n) is 9.04. The number of aromatic nitrogens is 1. The van der Waals surface area contributed by atoms with Gasteiger partial charge in [-0.3, -0.25) is 0 Å². The van der Waals surface area contributed by atoms with Gasteiger partial charge in [0.15, 0.2) is 17.3 Å². The third-order valence-corrected chi connectivity index (χ3v) is 2.24. The van der Waals surface area contributed by atoms with Crippen LogP contribution in [0, 0.1) is 11.6 Å². The van der Waals surface area contributed by atoms with Gasteiger partial charge in [0.05, 0.1) is 12.1 Å². The lowest BCUT2D eigenvalue weighted by Gasteiger charge is -2.05. The van der Waals surface area contributed by atoms with Gasteiger partial charge in [-0.05, 0) is 19.1 Å². The minimum Gasteiger partial charge on any atom is -0.461 e. The summed E-state index contributed by atoms with van der Waals surface area (Å²) in [5.41, 5.74) is -0.405. The van der Waals surface area contributed by atoms with Crippen molar-refractivity contribution in [2.75, 3.05) is 6.61 Å². The van der Waals surface area contributed by atoms with Gasteiger partial charge < -0.3 is 4.74 Å². The highest BCUT2D eigenvalue weighted by molar-refractivity contribution is 5.91. The summed E-state index contributed by atoms with van der Waals surface area (Å²) in [6, 6.07) is 6.09. The van der Waals surface area contributed by atoms with E-state index in [2.05, 4.69) is 9.72 Å². The Kier molecular flexibility index (Phi) is 2.99. The highest BCUT2D eigenvalue weighted by Crippen LogP contribution is 2.21. The van der Waals surface area contributed by atoms with E-state index in [0.29, 0.717) is 0 Å². The molecule has 1 heterocycles. The van der Waals surface area contributed by atoms with E-state index in [1.807, 2.05) is 0 Å². The van der Waals surface area contributed by atoms with E-state index < -0.39 is 23.3 Å². The van der Waals surface area contributed by atoms with Crippen LogP contribution in [0.2, 0.25) is 0 Å². The average molecular weight is 237 g/mol. The average Bonchev–Trinajstić information content (AvgIpc) is 2.34. The fourth-order valence-corrected chi connectivity index (χ4v) is 1.48. The van der Waals surface area contributed by atoms with Gasteiger partial charge in [-0.15, -0.1) is 0 Å². The number of rotatable bonds is 2. The van der Waals surface area contributed by atoms with Crippen LogP contribution in [0.25, 0.3) is 10.9 Å². The lowest BCUT2D eigenvalue weighted by molar-refractivity contribution is 0.0513. The first-order valence-corrected chi connectivity index (χ1v) is 5.06. The van der Waals surface area contributed by atoms with E-state index in [4.69, 9.17) is 0 Å². The Morgan fingerprint density at radius 1 is 1.29 bits per heavy atom. The molecule has 0 aliphatic heterocycles. The van der Waals surface area contributed by atoms with Crippen LogP contribution in [0.5, 0.6) is 0 Å². The molecule has 0 saturated carbocycles.